The number of anilines is 1. The van der Waals surface area contributed by atoms with Gasteiger partial charge in [0.05, 0.1) is 24.5 Å². The first-order valence-corrected chi connectivity index (χ1v) is 9.51. The molecule has 29 heavy (non-hydrogen) atoms. The smallest absolute Gasteiger partial charge is 0.338 e. The molecule has 1 aliphatic heterocycles. The Bertz CT molecular complexity index is 843. The molecular formula is C22H25NO6. The molecule has 1 atom stereocenters. The fraction of sp³-hybridized carbons (Fsp3) is 0.364. The number of amides is 1. The maximum atomic E-state index is 12.2. The van der Waals surface area contributed by atoms with E-state index in [0.717, 1.165) is 25.0 Å². The molecular weight excluding hydrogens is 374 g/mol. The second-order valence-electron chi connectivity index (χ2n) is 6.80. The van der Waals surface area contributed by atoms with Crippen LogP contribution in [0.5, 0.6) is 11.5 Å². The lowest BCUT2D eigenvalue weighted by molar-refractivity contribution is -0.119. The third-order valence-electron chi connectivity index (χ3n) is 4.51. The normalized spacial score (nSPS) is 15.6. The number of benzene rings is 2. The van der Waals surface area contributed by atoms with Gasteiger partial charge < -0.3 is 24.3 Å². The maximum absolute atomic E-state index is 12.2. The number of nitrogens with one attached hydrogen (secondary N) is 1. The minimum atomic E-state index is -0.581. The third-order valence-corrected chi connectivity index (χ3v) is 4.51. The van der Waals surface area contributed by atoms with Crippen molar-refractivity contribution >= 4 is 17.6 Å². The number of hydrogen-bond acceptors (Lipinski definition) is 6. The standard InChI is InChI=1S/C22H25NO6/c1-15-5-10-20(26-2)19(12-15)23-21(24)14-29-22(25)16-6-8-17(9-7-16)28-13-18-4-3-11-27-18/h5-10,12,18H,3-4,11,13-14H2,1-2H3,(H,23,24)/t18-/m0/s1. The molecule has 7 heteroatoms. The third kappa shape index (κ3) is 5.96. The topological polar surface area (TPSA) is 83.1 Å². The Hall–Kier alpha value is -3.06. The summed E-state index contributed by atoms with van der Waals surface area (Å²) in [7, 11) is 1.52. The predicted molar refractivity (Wildman–Crippen MR) is 108 cm³/mol. The zero-order valence-electron chi connectivity index (χ0n) is 16.6. The summed E-state index contributed by atoms with van der Waals surface area (Å²) < 4.78 is 21.5. The van der Waals surface area contributed by atoms with Gasteiger partial charge in [0.2, 0.25) is 0 Å². The maximum Gasteiger partial charge on any atom is 0.338 e. The van der Waals surface area contributed by atoms with Gasteiger partial charge in [-0.15, -0.1) is 0 Å². The number of hydrogen-bond donors (Lipinski definition) is 1. The monoisotopic (exact) mass is 399 g/mol. The van der Waals surface area contributed by atoms with Crippen LogP contribution in [0.2, 0.25) is 0 Å². The molecule has 1 amide bonds. The van der Waals surface area contributed by atoms with Gasteiger partial charge in [0.15, 0.2) is 6.61 Å². The lowest BCUT2D eigenvalue weighted by atomic mass is 10.2. The first-order valence-electron chi connectivity index (χ1n) is 9.51. The molecule has 0 aromatic heterocycles. The van der Waals surface area contributed by atoms with Crippen LogP contribution in [-0.2, 0) is 14.3 Å². The second kappa shape index (κ2) is 9.93. The largest absolute Gasteiger partial charge is 0.495 e. The van der Waals surface area contributed by atoms with E-state index in [9.17, 15) is 9.59 Å². The number of carbonyl (C=O) groups excluding carboxylic acids is 2. The van der Waals surface area contributed by atoms with Gasteiger partial charge in [-0.2, -0.15) is 0 Å². The van der Waals surface area contributed by atoms with Crippen molar-refractivity contribution in [1.29, 1.82) is 0 Å². The number of methoxy groups -OCH3 is 1. The van der Waals surface area contributed by atoms with Crippen LogP contribution in [0.1, 0.15) is 28.8 Å². The Balaban J connectivity index is 1.47. The molecule has 0 spiro atoms. The number of carbonyl (C=O) groups is 2. The Kier molecular flexibility index (Phi) is 7.08. The van der Waals surface area contributed by atoms with Crippen molar-refractivity contribution in [1.82, 2.24) is 0 Å². The molecule has 1 heterocycles. The van der Waals surface area contributed by atoms with Crippen LogP contribution >= 0.6 is 0 Å². The first-order chi connectivity index (χ1) is 14.0. The van der Waals surface area contributed by atoms with E-state index in [-0.39, 0.29) is 6.10 Å². The highest BCUT2D eigenvalue weighted by Gasteiger charge is 2.16. The van der Waals surface area contributed by atoms with E-state index in [1.54, 1.807) is 36.4 Å². The van der Waals surface area contributed by atoms with Gasteiger partial charge in [0.25, 0.3) is 5.91 Å². The van der Waals surface area contributed by atoms with Crippen LogP contribution in [-0.4, -0.2) is 44.9 Å². The molecule has 2 aromatic carbocycles. The van der Waals surface area contributed by atoms with Gasteiger partial charge in [0.1, 0.15) is 18.1 Å². The SMILES string of the molecule is COc1ccc(C)cc1NC(=O)COC(=O)c1ccc(OC[C@@H]2CCCO2)cc1. The quantitative estimate of drug-likeness (QED) is 0.686. The summed E-state index contributed by atoms with van der Waals surface area (Å²) in [4.78, 5) is 24.3. The van der Waals surface area contributed by atoms with Crippen LogP contribution in [0.25, 0.3) is 0 Å². The van der Waals surface area contributed by atoms with Gasteiger partial charge in [0, 0.05) is 6.61 Å². The van der Waals surface area contributed by atoms with E-state index in [4.69, 9.17) is 18.9 Å². The molecule has 7 nitrogen and oxygen atoms in total. The van der Waals surface area contributed by atoms with E-state index >= 15 is 0 Å². The highest BCUT2D eigenvalue weighted by atomic mass is 16.5. The number of rotatable bonds is 8. The van der Waals surface area contributed by atoms with E-state index < -0.39 is 18.5 Å². The molecule has 0 bridgehead atoms. The van der Waals surface area contributed by atoms with E-state index in [1.807, 2.05) is 13.0 Å². The molecule has 0 radical (unpaired) electrons. The minimum Gasteiger partial charge on any atom is -0.495 e. The Labute approximate surface area is 169 Å². The molecule has 0 saturated carbocycles. The molecule has 0 aliphatic carbocycles. The highest BCUT2D eigenvalue weighted by molar-refractivity contribution is 5.96. The Morgan fingerprint density at radius 2 is 1.97 bits per heavy atom. The van der Waals surface area contributed by atoms with Gasteiger partial charge >= 0.3 is 5.97 Å². The summed E-state index contributed by atoms with van der Waals surface area (Å²) in [5.41, 5.74) is 1.84. The van der Waals surface area contributed by atoms with Crippen molar-refractivity contribution in [2.45, 2.75) is 25.9 Å². The van der Waals surface area contributed by atoms with E-state index in [0.29, 0.717) is 29.4 Å². The van der Waals surface area contributed by atoms with Crippen molar-refractivity contribution < 1.29 is 28.5 Å². The lowest BCUT2D eigenvalue weighted by Crippen LogP contribution is -2.21. The van der Waals surface area contributed by atoms with Crippen molar-refractivity contribution in [2.75, 3.05) is 32.2 Å². The summed E-state index contributed by atoms with van der Waals surface area (Å²) in [5, 5.41) is 2.69. The van der Waals surface area contributed by atoms with Gasteiger partial charge in [-0.1, -0.05) is 6.07 Å². The number of ether oxygens (including phenoxy) is 4. The van der Waals surface area contributed by atoms with Gasteiger partial charge in [-0.05, 0) is 61.7 Å². The zero-order chi connectivity index (χ0) is 20.6. The van der Waals surface area contributed by atoms with Gasteiger partial charge in [-0.3, -0.25) is 4.79 Å². The molecule has 0 unspecified atom stereocenters. The fourth-order valence-corrected chi connectivity index (χ4v) is 2.97. The number of esters is 1. The minimum absolute atomic E-state index is 0.130. The van der Waals surface area contributed by atoms with Crippen molar-refractivity contribution in [3.05, 3.63) is 53.6 Å². The average Bonchev–Trinajstić information content (AvgIpc) is 3.25. The summed E-state index contributed by atoms with van der Waals surface area (Å²) in [6.45, 7) is 2.78. The number of aryl methyl sites for hydroxylation is 1. The Morgan fingerprint density at radius 3 is 2.66 bits per heavy atom. The zero-order valence-corrected chi connectivity index (χ0v) is 16.6. The average molecular weight is 399 g/mol. The summed E-state index contributed by atoms with van der Waals surface area (Å²) in [6, 6.07) is 12.0. The van der Waals surface area contributed by atoms with Crippen LogP contribution in [0.4, 0.5) is 5.69 Å². The van der Waals surface area contributed by atoms with Crippen LogP contribution in [0.3, 0.4) is 0 Å². The molecule has 3 rings (SSSR count). The molecule has 1 N–H and O–H groups in total. The second-order valence-corrected chi connectivity index (χ2v) is 6.80. The molecule has 154 valence electrons. The first kappa shape index (κ1) is 20.7. The fourth-order valence-electron chi connectivity index (χ4n) is 2.97. The summed E-state index contributed by atoms with van der Waals surface area (Å²) >= 11 is 0. The van der Waals surface area contributed by atoms with Crippen LogP contribution < -0.4 is 14.8 Å². The molecule has 1 saturated heterocycles. The van der Waals surface area contributed by atoms with Gasteiger partial charge in [-0.25, -0.2) is 4.79 Å². The lowest BCUT2D eigenvalue weighted by Gasteiger charge is -2.12. The Morgan fingerprint density at radius 1 is 1.17 bits per heavy atom. The van der Waals surface area contributed by atoms with Crippen molar-refractivity contribution in [3.63, 3.8) is 0 Å². The summed E-state index contributed by atoms with van der Waals surface area (Å²) in [6.07, 6.45) is 2.19. The molecule has 1 aliphatic rings. The highest BCUT2D eigenvalue weighted by Crippen LogP contribution is 2.25. The summed E-state index contributed by atoms with van der Waals surface area (Å²) in [5.74, 6) is 0.163. The van der Waals surface area contributed by atoms with Crippen molar-refractivity contribution in [3.8, 4) is 11.5 Å². The molecule has 2 aromatic rings. The van der Waals surface area contributed by atoms with Crippen molar-refractivity contribution in [2.24, 2.45) is 0 Å². The van der Waals surface area contributed by atoms with Crippen LogP contribution in [0.15, 0.2) is 42.5 Å². The van der Waals surface area contributed by atoms with Crippen LogP contribution in [0, 0.1) is 6.92 Å². The van der Waals surface area contributed by atoms with E-state index in [2.05, 4.69) is 5.32 Å². The predicted octanol–water partition coefficient (Wildman–Crippen LogP) is 3.36. The van der Waals surface area contributed by atoms with E-state index in [1.165, 1.54) is 7.11 Å². The molecule has 1 fully saturated rings.